The molecule has 2 heterocycles. The predicted molar refractivity (Wildman–Crippen MR) is 89.6 cm³/mol. The molecule has 0 aliphatic carbocycles. The summed E-state index contributed by atoms with van der Waals surface area (Å²) in [5.41, 5.74) is 2.13. The number of carbonyl (C=O) groups excluding carboxylic acids is 1. The number of piperidine rings is 1. The number of aromatic carboxylic acids is 1. The van der Waals surface area contributed by atoms with Crippen molar-refractivity contribution in [2.75, 3.05) is 6.54 Å². The van der Waals surface area contributed by atoms with Crippen LogP contribution in [-0.2, 0) is 0 Å². The number of likely N-dealkylation sites (tertiary alicyclic amines) is 1. The van der Waals surface area contributed by atoms with Crippen LogP contribution >= 0.6 is 0 Å². The van der Waals surface area contributed by atoms with Crippen molar-refractivity contribution < 1.29 is 14.7 Å². The maximum atomic E-state index is 12.6. The van der Waals surface area contributed by atoms with Crippen LogP contribution in [0, 0.1) is 6.92 Å². The summed E-state index contributed by atoms with van der Waals surface area (Å²) in [6.45, 7) is 4.61. The lowest BCUT2D eigenvalue weighted by molar-refractivity contribution is 0.0634. The molecule has 0 unspecified atom stereocenters. The first-order chi connectivity index (χ1) is 11.5. The standard InChI is InChI=1S/C18H21N3O3/c1-12-5-3-4-10-20(12)17(22)14-6-8-15(9-7-14)21-13(2)16(11-19-21)18(23)24/h6-9,11-12H,3-5,10H2,1-2H3,(H,23,24)/t12-/m0/s1. The van der Waals surface area contributed by atoms with Crippen molar-refractivity contribution in [3.05, 3.63) is 47.3 Å². The zero-order chi connectivity index (χ0) is 17.3. The molecule has 0 spiro atoms. The second-order valence-electron chi connectivity index (χ2n) is 6.25. The number of carboxylic acids is 1. The highest BCUT2D eigenvalue weighted by Crippen LogP contribution is 2.20. The number of hydrogen-bond acceptors (Lipinski definition) is 3. The Morgan fingerprint density at radius 2 is 1.92 bits per heavy atom. The number of rotatable bonds is 3. The van der Waals surface area contributed by atoms with Crippen molar-refractivity contribution in [1.29, 1.82) is 0 Å². The molecule has 0 saturated carbocycles. The molecule has 24 heavy (non-hydrogen) atoms. The Kier molecular flexibility index (Phi) is 4.38. The van der Waals surface area contributed by atoms with Crippen LogP contribution in [0.1, 0.15) is 52.6 Å². The average molecular weight is 327 g/mol. The van der Waals surface area contributed by atoms with Crippen LogP contribution in [0.15, 0.2) is 30.5 Å². The van der Waals surface area contributed by atoms with Gasteiger partial charge >= 0.3 is 5.97 Å². The predicted octanol–water partition coefficient (Wildman–Crippen LogP) is 2.89. The van der Waals surface area contributed by atoms with E-state index in [1.807, 2.05) is 4.90 Å². The van der Waals surface area contributed by atoms with Crippen molar-refractivity contribution in [2.45, 2.75) is 39.2 Å². The summed E-state index contributed by atoms with van der Waals surface area (Å²) < 4.78 is 1.57. The number of aromatic nitrogens is 2. The molecule has 1 saturated heterocycles. The van der Waals surface area contributed by atoms with E-state index in [0.29, 0.717) is 11.3 Å². The smallest absolute Gasteiger partial charge is 0.339 e. The fraction of sp³-hybridized carbons (Fsp3) is 0.389. The second kappa shape index (κ2) is 6.47. The normalized spacial score (nSPS) is 17.8. The van der Waals surface area contributed by atoms with E-state index in [9.17, 15) is 9.59 Å². The first-order valence-corrected chi connectivity index (χ1v) is 8.18. The van der Waals surface area contributed by atoms with Crippen molar-refractivity contribution in [3.63, 3.8) is 0 Å². The van der Waals surface area contributed by atoms with Gasteiger partial charge < -0.3 is 10.0 Å². The maximum Gasteiger partial charge on any atom is 0.339 e. The minimum Gasteiger partial charge on any atom is -0.478 e. The first-order valence-electron chi connectivity index (χ1n) is 8.18. The van der Waals surface area contributed by atoms with Gasteiger partial charge in [0.2, 0.25) is 0 Å². The van der Waals surface area contributed by atoms with Crippen molar-refractivity contribution >= 4 is 11.9 Å². The average Bonchev–Trinajstić information content (AvgIpc) is 2.96. The molecule has 1 aliphatic rings. The van der Waals surface area contributed by atoms with Gasteiger partial charge in [0.05, 0.1) is 17.6 Å². The number of benzene rings is 1. The zero-order valence-corrected chi connectivity index (χ0v) is 13.9. The molecule has 0 radical (unpaired) electrons. The molecular weight excluding hydrogens is 306 g/mol. The molecule has 2 aromatic rings. The summed E-state index contributed by atoms with van der Waals surface area (Å²) >= 11 is 0. The topological polar surface area (TPSA) is 75.4 Å². The van der Waals surface area contributed by atoms with E-state index in [0.717, 1.165) is 25.1 Å². The molecule has 1 atom stereocenters. The fourth-order valence-corrected chi connectivity index (χ4v) is 3.19. The Bertz CT molecular complexity index is 764. The minimum atomic E-state index is -0.996. The van der Waals surface area contributed by atoms with E-state index >= 15 is 0 Å². The third kappa shape index (κ3) is 2.91. The quantitative estimate of drug-likeness (QED) is 0.940. The third-order valence-electron chi connectivity index (χ3n) is 4.66. The molecular formula is C18H21N3O3. The second-order valence-corrected chi connectivity index (χ2v) is 6.25. The van der Waals surface area contributed by atoms with E-state index < -0.39 is 5.97 Å². The minimum absolute atomic E-state index is 0.0529. The fourth-order valence-electron chi connectivity index (χ4n) is 3.19. The highest BCUT2D eigenvalue weighted by Gasteiger charge is 2.24. The summed E-state index contributed by atoms with van der Waals surface area (Å²) in [7, 11) is 0. The Hall–Kier alpha value is -2.63. The zero-order valence-electron chi connectivity index (χ0n) is 13.9. The summed E-state index contributed by atoms with van der Waals surface area (Å²) in [6, 6.07) is 7.43. The number of carboxylic acid groups (broad SMARTS) is 1. The lowest BCUT2D eigenvalue weighted by atomic mass is 10.0. The monoisotopic (exact) mass is 327 g/mol. The van der Waals surface area contributed by atoms with Crippen molar-refractivity contribution in [3.8, 4) is 5.69 Å². The molecule has 0 bridgehead atoms. The number of hydrogen-bond donors (Lipinski definition) is 1. The van der Waals surface area contributed by atoms with Crippen LogP contribution < -0.4 is 0 Å². The Morgan fingerprint density at radius 1 is 1.21 bits per heavy atom. The Labute approximate surface area is 140 Å². The van der Waals surface area contributed by atoms with Gasteiger partial charge in [-0.3, -0.25) is 4.79 Å². The molecule has 1 amide bonds. The number of carbonyl (C=O) groups is 2. The maximum absolute atomic E-state index is 12.6. The van der Waals surface area contributed by atoms with Crippen molar-refractivity contribution in [2.24, 2.45) is 0 Å². The van der Waals surface area contributed by atoms with Gasteiger partial charge in [-0.2, -0.15) is 5.10 Å². The van der Waals surface area contributed by atoms with Crippen LogP contribution in [0.5, 0.6) is 0 Å². The summed E-state index contributed by atoms with van der Waals surface area (Å²) in [5, 5.41) is 13.2. The van der Waals surface area contributed by atoms with E-state index in [-0.39, 0.29) is 17.5 Å². The van der Waals surface area contributed by atoms with Gasteiger partial charge in [0, 0.05) is 18.2 Å². The van der Waals surface area contributed by atoms with E-state index in [1.54, 1.807) is 35.9 Å². The molecule has 126 valence electrons. The highest BCUT2D eigenvalue weighted by atomic mass is 16.4. The molecule has 1 fully saturated rings. The Balaban J connectivity index is 1.83. The summed E-state index contributed by atoms with van der Waals surface area (Å²) in [4.78, 5) is 25.7. The van der Waals surface area contributed by atoms with E-state index in [1.165, 1.54) is 12.6 Å². The molecule has 1 aromatic heterocycles. The van der Waals surface area contributed by atoms with Gasteiger partial charge in [-0.05, 0) is 57.4 Å². The van der Waals surface area contributed by atoms with Crippen molar-refractivity contribution in [1.82, 2.24) is 14.7 Å². The highest BCUT2D eigenvalue weighted by molar-refractivity contribution is 5.94. The van der Waals surface area contributed by atoms with Gasteiger partial charge in [0.1, 0.15) is 5.56 Å². The van der Waals surface area contributed by atoms with E-state index in [2.05, 4.69) is 12.0 Å². The largest absolute Gasteiger partial charge is 0.478 e. The lowest BCUT2D eigenvalue weighted by Gasteiger charge is -2.33. The molecule has 1 aliphatic heterocycles. The summed E-state index contributed by atoms with van der Waals surface area (Å²) in [6.07, 6.45) is 4.62. The van der Waals surface area contributed by atoms with Gasteiger partial charge in [-0.1, -0.05) is 0 Å². The van der Waals surface area contributed by atoms with Crippen LogP contribution in [0.4, 0.5) is 0 Å². The molecule has 1 N–H and O–H groups in total. The summed E-state index contributed by atoms with van der Waals surface area (Å²) in [5.74, 6) is -0.943. The number of nitrogens with zero attached hydrogens (tertiary/aromatic N) is 3. The lowest BCUT2D eigenvalue weighted by Crippen LogP contribution is -2.42. The van der Waals surface area contributed by atoms with Gasteiger partial charge in [0.15, 0.2) is 0 Å². The number of amides is 1. The van der Waals surface area contributed by atoms with Crippen LogP contribution in [-0.4, -0.2) is 44.3 Å². The van der Waals surface area contributed by atoms with Crippen LogP contribution in [0.2, 0.25) is 0 Å². The van der Waals surface area contributed by atoms with Gasteiger partial charge in [-0.15, -0.1) is 0 Å². The van der Waals surface area contributed by atoms with E-state index in [4.69, 9.17) is 5.11 Å². The molecule has 6 nitrogen and oxygen atoms in total. The molecule has 1 aromatic carbocycles. The van der Waals surface area contributed by atoms with Gasteiger partial charge in [-0.25, -0.2) is 9.48 Å². The Morgan fingerprint density at radius 3 is 2.50 bits per heavy atom. The third-order valence-corrected chi connectivity index (χ3v) is 4.66. The SMILES string of the molecule is Cc1c(C(=O)O)cnn1-c1ccc(C(=O)N2CCCC[C@@H]2C)cc1. The first kappa shape index (κ1) is 16.2. The van der Waals surface area contributed by atoms with Crippen LogP contribution in [0.25, 0.3) is 5.69 Å². The van der Waals surface area contributed by atoms with Crippen LogP contribution in [0.3, 0.4) is 0 Å². The molecule has 6 heteroatoms. The molecule has 3 rings (SSSR count). The van der Waals surface area contributed by atoms with Gasteiger partial charge in [0.25, 0.3) is 5.91 Å².